The van der Waals surface area contributed by atoms with Crippen LogP contribution in [0.3, 0.4) is 0 Å². The summed E-state index contributed by atoms with van der Waals surface area (Å²) in [5.41, 5.74) is 3.66. The number of aliphatic hydroxyl groups is 1. The van der Waals surface area contributed by atoms with Gasteiger partial charge < -0.3 is 14.9 Å². The Balaban J connectivity index is 2.14. The molecule has 2 aromatic rings. The minimum atomic E-state index is -0.983. The smallest absolute Gasteiger partial charge is 0.339 e. The van der Waals surface area contributed by atoms with Crippen molar-refractivity contribution in [3.63, 3.8) is 0 Å². The number of rotatable bonds is 3. The van der Waals surface area contributed by atoms with E-state index in [0.29, 0.717) is 12.4 Å². The standard InChI is InChI=1S/C16H14O4/c17-9-10-2-1-3-11(6-10)13-7-12-4-5-20-15(12)14(8-13)16(18)19/h1-3,6-8,17H,4-5,9H2,(H,18,19). The molecule has 20 heavy (non-hydrogen) atoms. The number of hydrogen-bond donors (Lipinski definition) is 2. The fourth-order valence-electron chi connectivity index (χ4n) is 2.48. The van der Waals surface area contributed by atoms with Crippen LogP contribution in [0, 0.1) is 0 Å². The summed E-state index contributed by atoms with van der Waals surface area (Å²) in [6.07, 6.45) is 0.725. The highest BCUT2D eigenvalue weighted by Crippen LogP contribution is 2.34. The van der Waals surface area contributed by atoms with Crippen LogP contribution in [0.5, 0.6) is 5.75 Å². The van der Waals surface area contributed by atoms with E-state index in [1.54, 1.807) is 6.07 Å². The molecule has 1 aliphatic rings. The summed E-state index contributed by atoms with van der Waals surface area (Å²) in [6, 6.07) is 11.0. The molecule has 2 aromatic carbocycles. The molecule has 0 saturated carbocycles. The third kappa shape index (κ3) is 2.14. The van der Waals surface area contributed by atoms with Gasteiger partial charge in [-0.3, -0.25) is 0 Å². The van der Waals surface area contributed by atoms with Crippen LogP contribution in [0.2, 0.25) is 0 Å². The zero-order valence-corrected chi connectivity index (χ0v) is 10.8. The lowest BCUT2D eigenvalue weighted by molar-refractivity contribution is 0.0693. The van der Waals surface area contributed by atoms with E-state index in [1.165, 1.54) is 0 Å². The maximum atomic E-state index is 11.3. The molecule has 4 nitrogen and oxygen atoms in total. The lowest BCUT2D eigenvalue weighted by atomic mass is 9.97. The van der Waals surface area contributed by atoms with Crippen molar-refractivity contribution < 1.29 is 19.7 Å². The lowest BCUT2D eigenvalue weighted by Gasteiger charge is -2.09. The van der Waals surface area contributed by atoms with Gasteiger partial charge in [0.1, 0.15) is 11.3 Å². The second kappa shape index (κ2) is 4.98. The first-order chi connectivity index (χ1) is 9.69. The molecule has 0 aliphatic carbocycles. The minimum Gasteiger partial charge on any atom is -0.492 e. The molecule has 4 heteroatoms. The number of fused-ring (bicyclic) bond motifs is 1. The van der Waals surface area contributed by atoms with E-state index in [-0.39, 0.29) is 12.2 Å². The van der Waals surface area contributed by atoms with Gasteiger partial charge in [0.05, 0.1) is 13.2 Å². The fraction of sp³-hybridized carbons (Fsp3) is 0.188. The predicted molar refractivity (Wildman–Crippen MR) is 74.0 cm³/mol. The average Bonchev–Trinajstić information content (AvgIpc) is 2.94. The number of carbonyl (C=O) groups is 1. The van der Waals surface area contributed by atoms with Crippen LogP contribution in [-0.4, -0.2) is 22.8 Å². The monoisotopic (exact) mass is 270 g/mol. The van der Waals surface area contributed by atoms with Crippen molar-refractivity contribution in [2.45, 2.75) is 13.0 Å². The van der Waals surface area contributed by atoms with Gasteiger partial charge in [-0.05, 0) is 40.5 Å². The zero-order chi connectivity index (χ0) is 14.1. The van der Waals surface area contributed by atoms with E-state index in [1.807, 2.05) is 30.3 Å². The zero-order valence-electron chi connectivity index (χ0n) is 10.8. The Labute approximate surface area is 116 Å². The molecule has 2 N–H and O–H groups in total. The summed E-state index contributed by atoms with van der Waals surface area (Å²) in [6.45, 7) is 0.490. The molecule has 1 aliphatic heterocycles. The van der Waals surface area contributed by atoms with Crippen LogP contribution in [-0.2, 0) is 13.0 Å². The van der Waals surface area contributed by atoms with Gasteiger partial charge in [0.2, 0.25) is 0 Å². The molecule has 0 bridgehead atoms. The Morgan fingerprint density at radius 1 is 1.20 bits per heavy atom. The third-order valence-electron chi connectivity index (χ3n) is 3.46. The van der Waals surface area contributed by atoms with Crippen molar-refractivity contribution in [2.24, 2.45) is 0 Å². The van der Waals surface area contributed by atoms with Crippen molar-refractivity contribution >= 4 is 5.97 Å². The third-order valence-corrected chi connectivity index (χ3v) is 3.46. The highest BCUT2D eigenvalue weighted by molar-refractivity contribution is 5.93. The van der Waals surface area contributed by atoms with E-state index >= 15 is 0 Å². The predicted octanol–water partition coefficient (Wildman–Crippen LogP) is 2.48. The van der Waals surface area contributed by atoms with E-state index in [9.17, 15) is 15.0 Å². The summed E-state index contributed by atoms with van der Waals surface area (Å²) in [7, 11) is 0. The number of carboxylic acids is 1. The Morgan fingerprint density at radius 3 is 2.80 bits per heavy atom. The van der Waals surface area contributed by atoms with Crippen molar-refractivity contribution in [1.82, 2.24) is 0 Å². The van der Waals surface area contributed by atoms with Crippen LogP contribution < -0.4 is 4.74 Å². The summed E-state index contributed by atoms with van der Waals surface area (Å²) < 4.78 is 5.41. The van der Waals surface area contributed by atoms with Crippen molar-refractivity contribution in [3.05, 3.63) is 53.1 Å². The van der Waals surface area contributed by atoms with E-state index in [2.05, 4.69) is 0 Å². The number of hydrogen-bond acceptors (Lipinski definition) is 3. The van der Waals surface area contributed by atoms with Crippen molar-refractivity contribution in [2.75, 3.05) is 6.61 Å². The number of aliphatic hydroxyl groups excluding tert-OH is 1. The number of benzene rings is 2. The van der Waals surface area contributed by atoms with Gasteiger partial charge >= 0.3 is 5.97 Å². The second-order valence-corrected chi connectivity index (χ2v) is 4.77. The molecular weight excluding hydrogens is 256 g/mol. The molecule has 1 heterocycles. The van der Waals surface area contributed by atoms with Gasteiger partial charge in [-0.1, -0.05) is 18.2 Å². The first kappa shape index (κ1) is 12.7. The normalized spacial score (nSPS) is 12.8. The van der Waals surface area contributed by atoms with E-state index in [4.69, 9.17) is 4.74 Å². The first-order valence-electron chi connectivity index (χ1n) is 6.42. The molecule has 0 amide bonds. The van der Waals surface area contributed by atoms with Gasteiger partial charge in [0, 0.05) is 6.42 Å². The molecule has 0 aromatic heterocycles. The molecule has 102 valence electrons. The van der Waals surface area contributed by atoms with Crippen LogP contribution in [0.25, 0.3) is 11.1 Å². The molecule has 0 fully saturated rings. The van der Waals surface area contributed by atoms with Crippen molar-refractivity contribution in [3.8, 4) is 16.9 Å². The van der Waals surface area contributed by atoms with Crippen molar-refractivity contribution in [1.29, 1.82) is 0 Å². The Bertz CT molecular complexity index is 676. The molecule has 0 unspecified atom stereocenters. The topological polar surface area (TPSA) is 66.8 Å². The quantitative estimate of drug-likeness (QED) is 0.899. The van der Waals surface area contributed by atoms with Crippen LogP contribution >= 0.6 is 0 Å². The minimum absolute atomic E-state index is 0.0340. The van der Waals surface area contributed by atoms with Gasteiger partial charge in [-0.25, -0.2) is 4.79 Å². The second-order valence-electron chi connectivity index (χ2n) is 4.77. The highest BCUT2D eigenvalue weighted by atomic mass is 16.5. The van der Waals surface area contributed by atoms with Crippen LogP contribution in [0.1, 0.15) is 21.5 Å². The lowest BCUT2D eigenvalue weighted by Crippen LogP contribution is -2.00. The Hall–Kier alpha value is -2.33. The maximum absolute atomic E-state index is 11.3. The number of carboxylic acid groups (broad SMARTS) is 1. The van der Waals surface area contributed by atoms with Gasteiger partial charge in [0.15, 0.2) is 0 Å². The summed E-state index contributed by atoms with van der Waals surface area (Å²) >= 11 is 0. The van der Waals surface area contributed by atoms with Crippen LogP contribution in [0.15, 0.2) is 36.4 Å². The van der Waals surface area contributed by atoms with Gasteiger partial charge in [-0.15, -0.1) is 0 Å². The van der Waals surface area contributed by atoms with Gasteiger partial charge in [0.25, 0.3) is 0 Å². The molecule has 0 radical (unpaired) electrons. The van der Waals surface area contributed by atoms with E-state index in [0.717, 1.165) is 28.7 Å². The maximum Gasteiger partial charge on any atom is 0.339 e. The van der Waals surface area contributed by atoms with E-state index < -0.39 is 5.97 Å². The Morgan fingerprint density at radius 2 is 2.05 bits per heavy atom. The number of ether oxygens (including phenoxy) is 1. The average molecular weight is 270 g/mol. The molecule has 3 rings (SSSR count). The first-order valence-corrected chi connectivity index (χ1v) is 6.42. The molecule has 0 saturated heterocycles. The fourth-order valence-corrected chi connectivity index (χ4v) is 2.48. The summed E-state index contributed by atoms with van der Waals surface area (Å²) in [4.78, 5) is 11.3. The summed E-state index contributed by atoms with van der Waals surface area (Å²) in [5.74, 6) is -0.497. The number of aromatic carboxylic acids is 1. The summed E-state index contributed by atoms with van der Waals surface area (Å²) in [5, 5.41) is 18.5. The Kier molecular flexibility index (Phi) is 3.16. The molecular formula is C16H14O4. The van der Waals surface area contributed by atoms with Gasteiger partial charge in [-0.2, -0.15) is 0 Å². The SMILES string of the molecule is O=C(O)c1cc(-c2cccc(CO)c2)cc2c1OCC2. The molecule has 0 spiro atoms. The van der Waals surface area contributed by atoms with Crippen LogP contribution in [0.4, 0.5) is 0 Å². The molecule has 0 atom stereocenters. The highest BCUT2D eigenvalue weighted by Gasteiger charge is 2.22. The largest absolute Gasteiger partial charge is 0.492 e.